The summed E-state index contributed by atoms with van der Waals surface area (Å²) >= 11 is 3.05. The first-order chi connectivity index (χ1) is 15.7. The number of cyclic esters (lactones) is 2. The maximum Gasteiger partial charge on any atom is 0.339 e. The molecule has 0 saturated carbocycles. The van der Waals surface area contributed by atoms with Crippen LogP contribution in [0, 0.1) is 0 Å². The van der Waals surface area contributed by atoms with Crippen LogP contribution in [-0.2, 0) is 14.2 Å². The van der Waals surface area contributed by atoms with E-state index in [2.05, 4.69) is 0 Å². The first kappa shape index (κ1) is 27.9. The lowest BCUT2D eigenvalue weighted by atomic mass is 10.1. The summed E-state index contributed by atoms with van der Waals surface area (Å²) < 4.78 is 15.3. The highest BCUT2D eigenvalue weighted by atomic mass is 32.2. The summed E-state index contributed by atoms with van der Waals surface area (Å²) in [4.78, 5) is 24.8. The number of carbonyl (C=O) groups is 2. The highest BCUT2D eigenvalue weighted by Crippen LogP contribution is 2.23. The van der Waals surface area contributed by atoms with Gasteiger partial charge in [0, 0.05) is 12.8 Å². The molecule has 1 heterocycles. The van der Waals surface area contributed by atoms with Crippen molar-refractivity contribution in [2.75, 3.05) is 36.2 Å². The minimum Gasteiger partial charge on any atom is -0.462 e. The minimum absolute atomic E-state index is 0.168. The van der Waals surface area contributed by atoms with Crippen LogP contribution in [0.1, 0.15) is 59.2 Å². The summed E-state index contributed by atoms with van der Waals surface area (Å²) in [5, 5.41) is 39.5. The molecular formula is C22H32O9S2. The van der Waals surface area contributed by atoms with Gasteiger partial charge in [-0.15, -0.1) is 0 Å². The van der Waals surface area contributed by atoms with Gasteiger partial charge < -0.3 is 29.9 Å². The van der Waals surface area contributed by atoms with Crippen molar-refractivity contribution < 1.29 is 44.2 Å². The lowest BCUT2D eigenvalue weighted by molar-refractivity contribution is -0.473. The van der Waals surface area contributed by atoms with Crippen molar-refractivity contribution in [2.45, 2.75) is 50.5 Å². The quantitative estimate of drug-likeness (QED) is 0.305. The van der Waals surface area contributed by atoms with Crippen molar-refractivity contribution in [1.82, 2.24) is 0 Å². The Kier molecular flexibility index (Phi) is 12.0. The normalized spacial score (nSPS) is 22.4. The molecule has 186 valence electrons. The molecule has 0 saturated heterocycles. The third kappa shape index (κ3) is 11.1. The predicted molar refractivity (Wildman–Crippen MR) is 125 cm³/mol. The van der Waals surface area contributed by atoms with E-state index in [1.807, 2.05) is 0 Å². The van der Waals surface area contributed by atoms with Gasteiger partial charge in [-0.2, -0.15) is 23.5 Å². The first-order valence-corrected chi connectivity index (χ1v) is 13.2. The maximum atomic E-state index is 12.4. The number of thioether (sulfide) groups is 2. The molecule has 1 aromatic rings. The number of hydrogen-bond donors (Lipinski definition) is 4. The van der Waals surface area contributed by atoms with Crippen LogP contribution in [0.4, 0.5) is 0 Å². The van der Waals surface area contributed by atoms with E-state index in [4.69, 9.17) is 14.2 Å². The van der Waals surface area contributed by atoms with Crippen LogP contribution in [0.2, 0.25) is 0 Å². The molecule has 0 aromatic heterocycles. The van der Waals surface area contributed by atoms with E-state index in [0.717, 1.165) is 0 Å². The number of benzene rings is 1. The third-order valence-corrected chi connectivity index (χ3v) is 6.92. The smallest absolute Gasteiger partial charge is 0.339 e. The molecule has 2 rings (SSSR count). The molecule has 0 fully saturated rings. The third-order valence-electron chi connectivity index (χ3n) is 4.61. The number of ether oxygens (including phenoxy) is 3. The van der Waals surface area contributed by atoms with Gasteiger partial charge in [0.15, 0.2) is 0 Å². The van der Waals surface area contributed by atoms with Crippen molar-refractivity contribution in [1.29, 1.82) is 0 Å². The molecular weight excluding hydrogens is 472 g/mol. The van der Waals surface area contributed by atoms with Crippen molar-refractivity contribution in [3.8, 4) is 0 Å². The molecule has 33 heavy (non-hydrogen) atoms. The second-order valence-corrected chi connectivity index (χ2v) is 9.99. The Hall–Kier alpha value is -1.34. The van der Waals surface area contributed by atoms with Gasteiger partial charge >= 0.3 is 11.9 Å². The fourth-order valence-corrected chi connectivity index (χ4v) is 4.77. The Balaban J connectivity index is 1.94. The number of esters is 2. The van der Waals surface area contributed by atoms with Crippen LogP contribution >= 0.6 is 23.5 Å². The zero-order valence-electron chi connectivity index (χ0n) is 18.4. The van der Waals surface area contributed by atoms with Gasteiger partial charge in [-0.05, 0) is 60.8 Å². The van der Waals surface area contributed by atoms with Gasteiger partial charge in [-0.1, -0.05) is 12.1 Å². The molecule has 0 unspecified atom stereocenters. The van der Waals surface area contributed by atoms with E-state index in [0.29, 0.717) is 48.7 Å². The van der Waals surface area contributed by atoms with Gasteiger partial charge in [0.05, 0.1) is 24.3 Å². The Labute approximate surface area is 201 Å². The van der Waals surface area contributed by atoms with Crippen LogP contribution in [0.15, 0.2) is 24.3 Å². The molecule has 0 amide bonds. The molecule has 0 bridgehead atoms. The van der Waals surface area contributed by atoms with E-state index in [9.17, 15) is 30.0 Å². The number of carbonyl (C=O) groups excluding carboxylic acids is 2. The molecule has 1 aliphatic rings. The summed E-state index contributed by atoms with van der Waals surface area (Å²) in [5.41, 5.74) is 0.336. The zero-order chi connectivity index (χ0) is 24.2. The van der Waals surface area contributed by atoms with E-state index in [-0.39, 0.29) is 37.2 Å². The summed E-state index contributed by atoms with van der Waals surface area (Å²) in [7, 11) is 0. The number of fused-ring (bicyclic) bond motifs is 1. The molecule has 11 heteroatoms. The number of rotatable bonds is 0. The predicted octanol–water partition coefficient (Wildman–Crippen LogP) is 2.11. The summed E-state index contributed by atoms with van der Waals surface area (Å²) in [6.45, 7) is 0.355. The van der Waals surface area contributed by atoms with Crippen LogP contribution in [0.25, 0.3) is 0 Å². The lowest BCUT2D eigenvalue weighted by Crippen LogP contribution is -2.45. The van der Waals surface area contributed by atoms with Crippen LogP contribution in [0.3, 0.4) is 0 Å². The number of aliphatic hydroxyl groups is 4. The average Bonchev–Trinajstić information content (AvgIpc) is 2.75. The van der Waals surface area contributed by atoms with E-state index in [1.165, 1.54) is 35.7 Å². The largest absolute Gasteiger partial charge is 0.462 e. The van der Waals surface area contributed by atoms with Crippen molar-refractivity contribution in [3.63, 3.8) is 0 Å². The van der Waals surface area contributed by atoms with Crippen LogP contribution in [-0.4, -0.2) is 80.5 Å². The monoisotopic (exact) mass is 504 g/mol. The van der Waals surface area contributed by atoms with Crippen molar-refractivity contribution in [3.05, 3.63) is 35.4 Å². The van der Waals surface area contributed by atoms with Crippen molar-refractivity contribution in [2.24, 2.45) is 0 Å². The van der Waals surface area contributed by atoms with Gasteiger partial charge in [0.25, 0.3) is 11.9 Å². The first-order valence-electron chi connectivity index (χ1n) is 10.9. The van der Waals surface area contributed by atoms with E-state index < -0.39 is 23.9 Å². The summed E-state index contributed by atoms with van der Waals surface area (Å²) in [5.74, 6) is -3.95. The highest BCUT2D eigenvalue weighted by molar-refractivity contribution is 7.99. The fraction of sp³-hybridized carbons (Fsp3) is 0.636. The highest BCUT2D eigenvalue weighted by Gasteiger charge is 2.36. The Morgan fingerprint density at radius 2 is 1.06 bits per heavy atom. The topological polar surface area (TPSA) is 143 Å². The van der Waals surface area contributed by atoms with Gasteiger partial charge in [0.1, 0.15) is 0 Å². The maximum absolute atomic E-state index is 12.4. The lowest BCUT2D eigenvalue weighted by Gasteiger charge is -2.30. The van der Waals surface area contributed by atoms with E-state index in [1.54, 1.807) is 12.1 Å². The zero-order valence-corrected chi connectivity index (χ0v) is 20.1. The SMILES string of the molecule is O=C1OCCCSCCCC(O)(O)OC(O)(O)CCCSCCCOC(=O)c2ccccc21. The van der Waals surface area contributed by atoms with E-state index >= 15 is 0 Å². The molecule has 0 radical (unpaired) electrons. The van der Waals surface area contributed by atoms with Crippen LogP contribution in [0.5, 0.6) is 0 Å². The molecule has 9 nitrogen and oxygen atoms in total. The molecule has 0 spiro atoms. The Morgan fingerprint density at radius 1 is 0.667 bits per heavy atom. The standard InChI is InChI=1S/C22H32O9S2/c23-19-17-7-1-2-8-18(17)20(24)30-12-6-16-33-14-4-10-22(27,28)31-21(25,26)9-3-13-32-15-5-11-29-19/h1-2,7-8,25-28H,3-6,9-16H2. The molecule has 1 aliphatic heterocycles. The summed E-state index contributed by atoms with van der Waals surface area (Å²) in [6, 6.07) is 6.38. The molecule has 4 N–H and O–H groups in total. The average molecular weight is 505 g/mol. The molecule has 1 aromatic carbocycles. The minimum atomic E-state index is -2.64. The summed E-state index contributed by atoms with van der Waals surface area (Å²) in [6.07, 6.45) is 1.54. The van der Waals surface area contributed by atoms with Gasteiger partial charge in [-0.3, -0.25) is 4.74 Å². The Morgan fingerprint density at radius 3 is 1.48 bits per heavy atom. The molecule has 0 aliphatic carbocycles. The van der Waals surface area contributed by atoms with Gasteiger partial charge in [-0.25, -0.2) is 9.59 Å². The van der Waals surface area contributed by atoms with Gasteiger partial charge in [0.2, 0.25) is 0 Å². The van der Waals surface area contributed by atoms with Crippen molar-refractivity contribution >= 4 is 35.5 Å². The Bertz CT molecular complexity index is 694. The second-order valence-electron chi connectivity index (χ2n) is 7.54. The second kappa shape index (κ2) is 14.1. The fourth-order valence-electron chi connectivity index (χ4n) is 3.02. The number of hydrogen-bond acceptors (Lipinski definition) is 11. The molecule has 0 atom stereocenters. The van der Waals surface area contributed by atoms with Crippen LogP contribution < -0.4 is 0 Å².